The number of likely N-dealkylation sites (tertiary alicyclic amines) is 1. The van der Waals surface area contributed by atoms with Crippen LogP contribution in [0.1, 0.15) is 18.4 Å². The average molecular weight is 248 g/mol. The number of fused-ring (bicyclic) bond motifs is 2. The van der Waals surface area contributed by atoms with Crippen molar-refractivity contribution in [2.24, 2.45) is 0 Å². The lowest BCUT2D eigenvalue weighted by molar-refractivity contribution is 0.183. The molecule has 4 heteroatoms. The molecule has 2 aliphatic rings. The zero-order chi connectivity index (χ0) is 11.9. The lowest BCUT2D eigenvalue weighted by atomic mass is 9.74. The molecule has 1 aromatic carbocycles. The number of hydrogen-bond acceptors (Lipinski definition) is 2. The first-order chi connectivity index (χ1) is 8.21. The largest absolute Gasteiger partial charge is 0.384 e. The molecule has 3 nitrogen and oxygen atoms in total. The third-order valence-electron chi connectivity index (χ3n) is 4.15. The highest BCUT2D eigenvalue weighted by Crippen LogP contribution is 2.43. The standard InChI is InChI=1S/C13H17N2OP/c16-12(17)15-7-5-13(6-8-15)9-14-11-4-2-1-3-10(11)13/h1-4,14H,5-9,17H2. The highest BCUT2D eigenvalue weighted by Gasteiger charge is 2.41. The van der Waals surface area contributed by atoms with E-state index in [-0.39, 0.29) is 11.1 Å². The van der Waals surface area contributed by atoms with E-state index in [1.54, 1.807) is 0 Å². The Labute approximate surface area is 104 Å². The van der Waals surface area contributed by atoms with Gasteiger partial charge in [0.1, 0.15) is 0 Å². The number of piperidine rings is 1. The molecule has 0 bridgehead atoms. The minimum atomic E-state index is 0.124. The Morgan fingerprint density at radius 3 is 2.71 bits per heavy atom. The smallest absolute Gasteiger partial charge is 0.237 e. The Kier molecular flexibility index (Phi) is 2.59. The van der Waals surface area contributed by atoms with Crippen LogP contribution in [0.3, 0.4) is 0 Å². The highest BCUT2D eigenvalue weighted by atomic mass is 31.0. The second-order valence-corrected chi connectivity index (χ2v) is 5.50. The number of carbonyl (C=O) groups excluding carboxylic acids is 1. The number of nitrogens with one attached hydrogen (secondary N) is 1. The maximum Gasteiger partial charge on any atom is 0.237 e. The van der Waals surface area contributed by atoms with Crippen molar-refractivity contribution in [3.8, 4) is 0 Å². The molecule has 0 aliphatic carbocycles. The number of hydrogen-bond donors (Lipinski definition) is 1. The quantitative estimate of drug-likeness (QED) is 0.715. The maximum absolute atomic E-state index is 11.3. The van der Waals surface area contributed by atoms with Crippen LogP contribution in [0.4, 0.5) is 10.5 Å². The topological polar surface area (TPSA) is 32.3 Å². The van der Waals surface area contributed by atoms with Crippen LogP contribution in [0.5, 0.6) is 0 Å². The summed E-state index contributed by atoms with van der Waals surface area (Å²) in [6.07, 6.45) is 2.13. The van der Waals surface area contributed by atoms with Crippen molar-refractivity contribution in [2.45, 2.75) is 18.3 Å². The van der Waals surface area contributed by atoms with Gasteiger partial charge in [-0.2, -0.15) is 0 Å². The van der Waals surface area contributed by atoms with Gasteiger partial charge in [0.15, 0.2) is 0 Å². The number of benzene rings is 1. The molecule has 1 fully saturated rings. The average Bonchev–Trinajstić information content (AvgIpc) is 2.70. The minimum Gasteiger partial charge on any atom is -0.384 e. The molecule has 0 saturated carbocycles. The first-order valence-corrected chi connectivity index (χ1v) is 6.67. The molecular formula is C13H17N2OP. The summed E-state index contributed by atoms with van der Waals surface area (Å²) in [5.41, 5.74) is 3.10. The zero-order valence-electron chi connectivity index (χ0n) is 9.78. The van der Waals surface area contributed by atoms with Crippen molar-refractivity contribution in [2.75, 3.05) is 25.0 Å². The number of amides is 1. The van der Waals surface area contributed by atoms with Gasteiger partial charge in [-0.25, -0.2) is 0 Å². The maximum atomic E-state index is 11.3. The summed E-state index contributed by atoms with van der Waals surface area (Å²) in [4.78, 5) is 13.2. The Hall–Kier alpha value is -1.08. The van der Waals surface area contributed by atoms with Gasteiger partial charge in [0.25, 0.3) is 0 Å². The van der Waals surface area contributed by atoms with Crippen LogP contribution < -0.4 is 5.32 Å². The molecule has 0 radical (unpaired) electrons. The fourth-order valence-corrected chi connectivity index (χ4v) is 3.32. The van der Waals surface area contributed by atoms with E-state index in [0.717, 1.165) is 32.5 Å². The summed E-state index contributed by atoms with van der Waals surface area (Å²) < 4.78 is 0. The summed E-state index contributed by atoms with van der Waals surface area (Å²) in [6.45, 7) is 2.77. The molecular weight excluding hydrogens is 231 g/mol. The second-order valence-electron chi connectivity index (χ2n) is 5.00. The molecule has 17 heavy (non-hydrogen) atoms. The Bertz CT molecular complexity index is 452. The van der Waals surface area contributed by atoms with E-state index in [4.69, 9.17) is 0 Å². The Morgan fingerprint density at radius 2 is 2.00 bits per heavy atom. The molecule has 1 saturated heterocycles. The van der Waals surface area contributed by atoms with E-state index >= 15 is 0 Å². The fraction of sp³-hybridized carbons (Fsp3) is 0.462. The molecule has 0 aromatic heterocycles. The van der Waals surface area contributed by atoms with Crippen LogP contribution in [0.15, 0.2) is 24.3 Å². The van der Waals surface area contributed by atoms with E-state index in [1.165, 1.54) is 11.3 Å². The number of anilines is 1. The van der Waals surface area contributed by atoms with Crippen LogP contribution in [-0.4, -0.2) is 30.2 Å². The van der Waals surface area contributed by atoms with E-state index in [2.05, 4.69) is 38.8 Å². The zero-order valence-corrected chi connectivity index (χ0v) is 10.9. The fourth-order valence-electron chi connectivity index (χ4n) is 3.06. The van der Waals surface area contributed by atoms with Gasteiger partial charge in [-0.1, -0.05) is 18.2 Å². The van der Waals surface area contributed by atoms with Crippen molar-refractivity contribution in [1.82, 2.24) is 4.90 Å². The molecule has 1 amide bonds. The van der Waals surface area contributed by atoms with Gasteiger partial charge in [0.05, 0.1) is 0 Å². The molecule has 1 N–H and O–H groups in total. The lowest BCUT2D eigenvalue weighted by Crippen LogP contribution is -2.44. The van der Waals surface area contributed by atoms with Gasteiger partial charge in [0, 0.05) is 30.7 Å². The predicted molar refractivity (Wildman–Crippen MR) is 72.5 cm³/mol. The van der Waals surface area contributed by atoms with Crippen LogP contribution in [0, 0.1) is 0 Å². The molecule has 2 aliphatic heterocycles. The summed E-state index contributed by atoms with van der Waals surface area (Å²) in [5.74, 6) is 0. The Balaban J connectivity index is 1.85. The molecule has 2 heterocycles. The number of rotatable bonds is 0. The van der Waals surface area contributed by atoms with Gasteiger partial charge < -0.3 is 10.2 Å². The number of para-hydroxylation sites is 1. The van der Waals surface area contributed by atoms with Gasteiger partial charge in [-0.05, 0) is 33.7 Å². The predicted octanol–water partition coefficient (Wildman–Crippen LogP) is 2.44. The van der Waals surface area contributed by atoms with Crippen LogP contribution >= 0.6 is 9.24 Å². The van der Waals surface area contributed by atoms with Crippen LogP contribution in [-0.2, 0) is 5.41 Å². The molecule has 3 rings (SSSR count). The van der Waals surface area contributed by atoms with Crippen molar-refractivity contribution in [1.29, 1.82) is 0 Å². The first-order valence-electron chi connectivity index (χ1n) is 6.09. The molecule has 1 aromatic rings. The second kappa shape index (κ2) is 3.99. The summed E-state index contributed by atoms with van der Waals surface area (Å²) >= 11 is 0. The van der Waals surface area contributed by atoms with E-state index in [9.17, 15) is 4.79 Å². The third kappa shape index (κ3) is 1.73. The van der Waals surface area contributed by atoms with Gasteiger partial charge in [-0.3, -0.25) is 4.79 Å². The molecule has 90 valence electrons. The number of carbonyl (C=O) groups is 1. The molecule has 1 unspecified atom stereocenters. The van der Waals surface area contributed by atoms with Crippen molar-refractivity contribution in [3.63, 3.8) is 0 Å². The first kappa shape index (κ1) is 11.0. The van der Waals surface area contributed by atoms with Crippen molar-refractivity contribution >= 4 is 20.6 Å². The summed E-state index contributed by atoms with van der Waals surface area (Å²) in [6, 6.07) is 8.57. The van der Waals surface area contributed by atoms with Gasteiger partial charge >= 0.3 is 0 Å². The minimum absolute atomic E-state index is 0.124. The lowest BCUT2D eigenvalue weighted by Gasteiger charge is -2.39. The van der Waals surface area contributed by atoms with Crippen molar-refractivity contribution < 1.29 is 4.79 Å². The SMILES string of the molecule is O=C(P)N1CCC2(CC1)CNc1ccccc12. The monoisotopic (exact) mass is 248 g/mol. The molecule has 1 spiro atoms. The highest BCUT2D eigenvalue weighted by molar-refractivity contribution is 7.39. The summed E-state index contributed by atoms with van der Waals surface area (Å²) in [5, 5.41) is 3.50. The number of nitrogens with zero attached hydrogens (tertiary/aromatic N) is 1. The normalized spacial score (nSPS) is 21.1. The van der Waals surface area contributed by atoms with Crippen LogP contribution in [0.25, 0.3) is 0 Å². The van der Waals surface area contributed by atoms with Gasteiger partial charge in [-0.15, -0.1) is 0 Å². The van der Waals surface area contributed by atoms with Crippen LogP contribution in [0.2, 0.25) is 0 Å². The summed E-state index contributed by atoms with van der Waals surface area (Å²) in [7, 11) is 2.27. The van der Waals surface area contributed by atoms with E-state index < -0.39 is 0 Å². The molecule has 1 atom stereocenters. The van der Waals surface area contributed by atoms with Crippen molar-refractivity contribution in [3.05, 3.63) is 29.8 Å². The third-order valence-corrected chi connectivity index (χ3v) is 4.51. The van der Waals surface area contributed by atoms with E-state index in [1.807, 2.05) is 4.90 Å². The van der Waals surface area contributed by atoms with E-state index in [0.29, 0.717) is 0 Å². The van der Waals surface area contributed by atoms with Gasteiger partial charge in [0.2, 0.25) is 5.65 Å². The Morgan fingerprint density at radius 1 is 1.29 bits per heavy atom.